The number of benzene rings is 1. The average molecular weight is 354 g/mol. The number of ether oxygens (including phenoxy) is 2. The molecule has 0 unspecified atom stereocenters. The maximum Gasteiger partial charge on any atom is 0.338 e. The number of carbonyl (C=O) groups excluding carboxylic acids is 1. The van der Waals surface area contributed by atoms with Crippen LogP contribution in [-0.2, 0) is 9.47 Å². The Morgan fingerprint density at radius 1 is 1.42 bits per heavy atom. The van der Waals surface area contributed by atoms with Crippen LogP contribution in [0, 0.1) is 19.3 Å². The number of nitrogens with zero attached hydrogens (tertiary/aromatic N) is 1. The number of terminal acetylenes is 1. The predicted molar refractivity (Wildman–Crippen MR) is 93.7 cm³/mol. The van der Waals surface area contributed by atoms with Crippen molar-refractivity contribution < 1.29 is 14.3 Å². The van der Waals surface area contributed by atoms with Crippen LogP contribution in [0.5, 0.6) is 0 Å². The van der Waals surface area contributed by atoms with Crippen LogP contribution in [0.4, 0.5) is 0 Å². The fourth-order valence-corrected chi connectivity index (χ4v) is 2.82. The molecule has 1 fully saturated rings. The number of nitrogens with one attached hydrogen (secondary N) is 1. The number of hydrogen-bond donors (Lipinski definition) is 1. The summed E-state index contributed by atoms with van der Waals surface area (Å²) in [6.45, 7) is 1.48. The summed E-state index contributed by atoms with van der Waals surface area (Å²) in [6.07, 6.45) is 7.29. The van der Waals surface area contributed by atoms with Crippen LogP contribution in [0.1, 0.15) is 35.0 Å². The second-order valence-corrected chi connectivity index (χ2v) is 6.17. The molecular formula is C19H18N2O5. The Labute approximate surface area is 149 Å². The van der Waals surface area contributed by atoms with Gasteiger partial charge in [-0.1, -0.05) is 24.1 Å². The molecule has 2 atom stereocenters. The molecule has 3 rings (SSSR count). The van der Waals surface area contributed by atoms with Crippen LogP contribution in [0.2, 0.25) is 0 Å². The van der Waals surface area contributed by atoms with Crippen LogP contribution < -0.4 is 11.2 Å². The highest BCUT2D eigenvalue weighted by atomic mass is 16.6. The van der Waals surface area contributed by atoms with Gasteiger partial charge in [-0.2, -0.15) is 0 Å². The van der Waals surface area contributed by atoms with Crippen molar-refractivity contribution in [3.63, 3.8) is 0 Å². The van der Waals surface area contributed by atoms with Gasteiger partial charge in [0.2, 0.25) is 0 Å². The maximum absolute atomic E-state index is 12.1. The van der Waals surface area contributed by atoms with Gasteiger partial charge in [-0.3, -0.25) is 14.3 Å². The van der Waals surface area contributed by atoms with Crippen molar-refractivity contribution in [2.75, 3.05) is 6.61 Å². The second-order valence-electron chi connectivity index (χ2n) is 6.17. The van der Waals surface area contributed by atoms with E-state index in [1.807, 2.05) is 0 Å². The molecule has 0 aliphatic carbocycles. The lowest BCUT2D eigenvalue weighted by Crippen LogP contribution is -2.37. The zero-order valence-electron chi connectivity index (χ0n) is 14.2. The quantitative estimate of drug-likeness (QED) is 0.662. The molecule has 1 aliphatic heterocycles. The van der Waals surface area contributed by atoms with Crippen molar-refractivity contribution in [1.29, 1.82) is 0 Å². The molecule has 0 amide bonds. The molecule has 1 aliphatic rings. The van der Waals surface area contributed by atoms with Gasteiger partial charge in [0, 0.05) is 11.8 Å². The summed E-state index contributed by atoms with van der Waals surface area (Å²) in [5.41, 5.74) is -1.31. The Morgan fingerprint density at radius 2 is 2.15 bits per heavy atom. The fraction of sp³-hybridized carbons (Fsp3) is 0.316. The van der Waals surface area contributed by atoms with Crippen molar-refractivity contribution in [2.24, 2.45) is 0 Å². The molecule has 134 valence electrons. The number of aromatic nitrogens is 2. The standard InChI is InChI=1S/C19H18N2O5/c1-3-19(12-25-17(23)14-7-5-4-6-8-14)10-9-15(26-19)21-11-13(2)16(22)20-18(21)24/h1,4-8,11,15H,9-10,12H2,2H3,(H,20,22,24)/t15-,19+/m1/s1. The lowest BCUT2D eigenvalue weighted by Gasteiger charge is -2.24. The Bertz CT molecular complexity index is 970. The summed E-state index contributed by atoms with van der Waals surface area (Å²) in [4.78, 5) is 37.9. The third-order valence-electron chi connectivity index (χ3n) is 4.32. The van der Waals surface area contributed by atoms with Crippen LogP contribution in [0.3, 0.4) is 0 Å². The van der Waals surface area contributed by atoms with Crippen molar-refractivity contribution >= 4 is 5.97 Å². The van der Waals surface area contributed by atoms with E-state index in [0.717, 1.165) is 0 Å². The summed E-state index contributed by atoms with van der Waals surface area (Å²) in [5.74, 6) is 2.05. The maximum atomic E-state index is 12.1. The van der Waals surface area contributed by atoms with Gasteiger partial charge < -0.3 is 9.47 Å². The molecule has 1 saturated heterocycles. The molecule has 7 heteroatoms. The Kier molecular flexibility index (Phi) is 4.78. The smallest absolute Gasteiger partial charge is 0.338 e. The minimum absolute atomic E-state index is 0.120. The molecule has 1 aromatic carbocycles. The van der Waals surface area contributed by atoms with E-state index in [4.69, 9.17) is 15.9 Å². The Morgan fingerprint density at radius 3 is 2.85 bits per heavy atom. The molecule has 1 aromatic heterocycles. The van der Waals surface area contributed by atoms with E-state index in [2.05, 4.69) is 10.9 Å². The summed E-state index contributed by atoms with van der Waals surface area (Å²) >= 11 is 0. The van der Waals surface area contributed by atoms with E-state index in [1.165, 1.54) is 10.8 Å². The number of aryl methyl sites for hydroxylation is 1. The van der Waals surface area contributed by atoms with Crippen molar-refractivity contribution in [3.8, 4) is 12.3 Å². The molecular weight excluding hydrogens is 336 g/mol. The number of carbonyl (C=O) groups is 1. The van der Waals surface area contributed by atoms with Gasteiger partial charge in [-0.15, -0.1) is 6.42 Å². The summed E-state index contributed by atoms with van der Waals surface area (Å²) in [7, 11) is 0. The van der Waals surface area contributed by atoms with Gasteiger partial charge in [0.25, 0.3) is 5.56 Å². The van der Waals surface area contributed by atoms with Crippen molar-refractivity contribution in [2.45, 2.75) is 31.6 Å². The predicted octanol–water partition coefficient (Wildman–Crippen LogP) is 1.38. The van der Waals surface area contributed by atoms with E-state index >= 15 is 0 Å². The molecule has 0 spiro atoms. The summed E-state index contributed by atoms with van der Waals surface area (Å²) < 4.78 is 12.5. The minimum Gasteiger partial charge on any atom is -0.458 e. The van der Waals surface area contributed by atoms with Crippen molar-refractivity contribution in [3.05, 3.63) is 68.5 Å². The molecule has 0 saturated carbocycles. The fourth-order valence-electron chi connectivity index (χ4n) is 2.82. The number of rotatable bonds is 4. The number of H-pyrrole nitrogens is 1. The number of esters is 1. The van der Waals surface area contributed by atoms with Crippen LogP contribution >= 0.6 is 0 Å². The highest BCUT2D eigenvalue weighted by molar-refractivity contribution is 5.89. The molecule has 2 aromatic rings. The minimum atomic E-state index is -1.11. The Balaban J connectivity index is 1.73. The monoisotopic (exact) mass is 354 g/mol. The third-order valence-corrected chi connectivity index (χ3v) is 4.32. The summed E-state index contributed by atoms with van der Waals surface area (Å²) in [5, 5.41) is 0. The largest absolute Gasteiger partial charge is 0.458 e. The van der Waals surface area contributed by atoms with E-state index in [1.54, 1.807) is 37.3 Å². The van der Waals surface area contributed by atoms with Gasteiger partial charge in [0.1, 0.15) is 12.8 Å². The van der Waals surface area contributed by atoms with Crippen LogP contribution in [0.15, 0.2) is 46.1 Å². The van der Waals surface area contributed by atoms with Gasteiger partial charge >= 0.3 is 11.7 Å². The molecule has 7 nitrogen and oxygen atoms in total. The van der Waals surface area contributed by atoms with Gasteiger partial charge in [0.05, 0.1) is 5.56 Å². The highest BCUT2D eigenvalue weighted by Gasteiger charge is 2.41. The lowest BCUT2D eigenvalue weighted by molar-refractivity contribution is -0.0706. The topological polar surface area (TPSA) is 90.4 Å². The van der Waals surface area contributed by atoms with Gasteiger partial charge in [0.15, 0.2) is 5.60 Å². The Hall–Kier alpha value is -3.11. The first-order valence-corrected chi connectivity index (χ1v) is 8.14. The van der Waals surface area contributed by atoms with Crippen molar-refractivity contribution in [1.82, 2.24) is 9.55 Å². The summed E-state index contributed by atoms with van der Waals surface area (Å²) in [6, 6.07) is 8.56. The molecule has 0 bridgehead atoms. The third kappa shape index (κ3) is 3.46. The number of hydrogen-bond acceptors (Lipinski definition) is 5. The zero-order valence-corrected chi connectivity index (χ0v) is 14.2. The average Bonchev–Trinajstić information content (AvgIpc) is 3.08. The zero-order chi connectivity index (χ0) is 18.7. The second kappa shape index (κ2) is 7.02. The van der Waals surface area contributed by atoms with E-state index in [0.29, 0.717) is 24.0 Å². The van der Waals surface area contributed by atoms with E-state index < -0.39 is 29.0 Å². The molecule has 26 heavy (non-hydrogen) atoms. The van der Waals surface area contributed by atoms with E-state index in [-0.39, 0.29) is 6.61 Å². The van der Waals surface area contributed by atoms with Gasteiger partial charge in [-0.25, -0.2) is 9.59 Å². The normalized spacial score (nSPS) is 21.9. The molecule has 0 radical (unpaired) electrons. The first-order valence-electron chi connectivity index (χ1n) is 8.14. The highest BCUT2D eigenvalue weighted by Crippen LogP contribution is 2.35. The van der Waals surface area contributed by atoms with Crippen LogP contribution in [0.25, 0.3) is 0 Å². The van der Waals surface area contributed by atoms with Gasteiger partial charge in [-0.05, 0) is 31.9 Å². The first-order chi connectivity index (χ1) is 12.4. The number of aromatic amines is 1. The van der Waals surface area contributed by atoms with E-state index in [9.17, 15) is 14.4 Å². The lowest BCUT2D eigenvalue weighted by atomic mass is 10.0. The molecule has 2 heterocycles. The molecule has 1 N–H and O–H groups in total. The first kappa shape index (κ1) is 17.7. The van der Waals surface area contributed by atoms with Crippen LogP contribution in [-0.4, -0.2) is 27.7 Å². The SMILES string of the molecule is C#C[C@@]1(COC(=O)c2ccccc2)CC[C@H](n2cc(C)c(=O)[nH]c2=O)O1.